The molecule has 1 N–H and O–H groups in total. The summed E-state index contributed by atoms with van der Waals surface area (Å²) in [4.78, 5) is 16.3. The number of carbonyl (C=O) groups is 1. The number of aromatic nitrogens is 1. The summed E-state index contributed by atoms with van der Waals surface area (Å²) >= 11 is 1.58. The smallest absolute Gasteiger partial charge is 0.228 e. The number of nitrogens with one attached hydrogen (secondary N) is 1. The molecule has 0 fully saturated rings. The predicted octanol–water partition coefficient (Wildman–Crippen LogP) is 3.60. The van der Waals surface area contributed by atoms with Gasteiger partial charge in [0.25, 0.3) is 0 Å². The van der Waals surface area contributed by atoms with Crippen LogP contribution in [0.4, 0.5) is 5.69 Å². The summed E-state index contributed by atoms with van der Waals surface area (Å²) < 4.78 is 0. The van der Waals surface area contributed by atoms with Gasteiger partial charge >= 0.3 is 0 Å². The largest absolute Gasteiger partial charge is 0.324 e. The molecule has 20 heavy (non-hydrogen) atoms. The minimum absolute atomic E-state index is 0.0163. The van der Waals surface area contributed by atoms with Crippen molar-refractivity contribution in [3.8, 4) is 0 Å². The lowest BCUT2D eigenvalue weighted by atomic mass is 10.0. The molecule has 0 atom stereocenters. The molecule has 1 amide bonds. The third-order valence-corrected chi connectivity index (χ3v) is 3.74. The summed E-state index contributed by atoms with van der Waals surface area (Å²) in [7, 11) is 0. The number of rotatable bonds is 4. The molecule has 0 saturated heterocycles. The molecule has 0 bridgehead atoms. The van der Waals surface area contributed by atoms with E-state index in [4.69, 9.17) is 0 Å². The maximum atomic E-state index is 12.1. The Balaban J connectivity index is 2.03. The quantitative estimate of drug-likeness (QED) is 0.873. The van der Waals surface area contributed by atoms with E-state index < -0.39 is 0 Å². The SMILES string of the molecule is CSc1ccc(NC(=O)Cc2cc(C)ccc2C)cn1. The average Bonchev–Trinajstić information content (AvgIpc) is 2.43. The molecule has 0 aliphatic rings. The van der Waals surface area contributed by atoms with Crippen LogP contribution in [0, 0.1) is 13.8 Å². The van der Waals surface area contributed by atoms with Gasteiger partial charge in [-0.2, -0.15) is 0 Å². The summed E-state index contributed by atoms with van der Waals surface area (Å²) in [5.74, 6) is -0.0163. The minimum Gasteiger partial charge on any atom is -0.324 e. The highest BCUT2D eigenvalue weighted by Gasteiger charge is 2.07. The van der Waals surface area contributed by atoms with Crippen molar-refractivity contribution in [1.82, 2.24) is 4.98 Å². The van der Waals surface area contributed by atoms with Crippen LogP contribution in [0.15, 0.2) is 41.6 Å². The van der Waals surface area contributed by atoms with E-state index in [1.165, 1.54) is 5.56 Å². The number of anilines is 1. The zero-order valence-corrected chi connectivity index (χ0v) is 12.8. The van der Waals surface area contributed by atoms with Crippen molar-refractivity contribution in [3.63, 3.8) is 0 Å². The Hall–Kier alpha value is -1.81. The van der Waals surface area contributed by atoms with Gasteiger partial charge in [-0.25, -0.2) is 4.98 Å². The molecule has 1 heterocycles. The second kappa shape index (κ2) is 6.57. The number of hydrogen-bond acceptors (Lipinski definition) is 3. The molecular formula is C16H18N2OS. The van der Waals surface area contributed by atoms with E-state index in [-0.39, 0.29) is 5.91 Å². The van der Waals surface area contributed by atoms with Crippen LogP contribution < -0.4 is 5.32 Å². The first-order chi connectivity index (χ1) is 9.58. The van der Waals surface area contributed by atoms with Crippen molar-refractivity contribution >= 4 is 23.4 Å². The number of nitrogens with zero attached hydrogens (tertiary/aromatic N) is 1. The van der Waals surface area contributed by atoms with Crippen LogP contribution in [0.25, 0.3) is 0 Å². The van der Waals surface area contributed by atoms with Gasteiger partial charge in [-0.15, -0.1) is 11.8 Å². The number of aryl methyl sites for hydroxylation is 2. The highest BCUT2D eigenvalue weighted by molar-refractivity contribution is 7.98. The zero-order chi connectivity index (χ0) is 14.5. The summed E-state index contributed by atoms with van der Waals surface area (Å²) in [6, 6.07) is 9.94. The molecule has 104 valence electrons. The topological polar surface area (TPSA) is 42.0 Å². The first-order valence-corrected chi connectivity index (χ1v) is 7.67. The minimum atomic E-state index is -0.0163. The maximum absolute atomic E-state index is 12.1. The van der Waals surface area contributed by atoms with Crippen LogP contribution in [0.3, 0.4) is 0 Å². The average molecular weight is 286 g/mol. The van der Waals surface area contributed by atoms with Gasteiger partial charge < -0.3 is 5.32 Å². The molecule has 4 heteroatoms. The molecule has 0 saturated carbocycles. The van der Waals surface area contributed by atoms with Crippen molar-refractivity contribution in [2.45, 2.75) is 25.3 Å². The van der Waals surface area contributed by atoms with E-state index in [9.17, 15) is 4.79 Å². The molecule has 0 unspecified atom stereocenters. The highest BCUT2D eigenvalue weighted by atomic mass is 32.2. The third-order valence-electron chi connectivity index (χ3n) is 3.08. The molecule has 2 rings (SSSR count). The van der Waals surface area contributed by atoms with Gasteiger partial charge in [-0.3, -0.25) is 4.79 Å². The Morgan fingerprint density at radius 1 is 1.25 bits per heavy atom. The lowest BCUT2D eigenvalue weighted by Gasteiger charge is -2.08. The lowest BCUT2D eigenvalue weighted by molar-refractivity contribution is -0.115. The fourth-order valence-electron chi connectivity index (χ4n) is 1.94. The molecule has 0 spiro atoms. The summed E-state index contributed by atoms with van der Waals surface area (Å²) in [6.07, 6.45) is 4.05. The number of thioether (sulfide) groups is 1. The van der Waals surface area contributed by atoms with Crippen LogP contribution in [0.5, 0.6) is 0 Å². The van der Waals surface area contributed by atoms with Crippen molar-refractivity contribution in [2.75, 3.05) is 11.6 Å². The van der Waals surface area contributed by atoms with Gasteiger partial charge in [-0.1, -0.05) is 23.8 Å². The summed E-state index contributed by atoms with van der Waals surface area (Å²) in [6.45, 7) is 4.06. The molecule has 2 aromatic rings. The number of benzene rings is 1. The van der Waals surface area contributed by atoms with Crippen LogP contribution in [0.2, 0.25) is 0 Å². The molecular weight excluding hydrogens is 268 g/mol. The molecule has 1 aromatic carbocycles. The number of pyridine rings is 1. The van der Waals surface area contributed by atoms with Crippen LogP contribution in [-0.4, -0.2) is 17.1 Å². The lowest BCUT2D eigenvalue weighted by Crippen LogP contribution is -2.15. The molecule has 0 radical (unpaired) electrons. The fraction of sp³-hybridized carbons (Fsp3) is 0.250. The molecule has 0 aliphatic heterocycles. The van der Waals surface area contributed by atoms with E-state index in [0.29, 0.717) is 6.42 Å². The van der Waals surface area contributed by atoms with Crippen molar-refractivity contribution in [1.29, 1.82) is 0 Å². The number of hydrogen-bond donors (Lipinski definition) is 1. The van der Waals surface area contributed by atoms with Crippen molar-refractivity contribution in [2.24, 2.45) is 0 Å². The van der Waals surface area contributed by atoms with Gasteiger partial charge in [0, 0.05) is 0 Å². The Bertz CT molecular complexity index is 608. The Morgan fingerprint density at radius 2 is 2.05 bits per heavy atom. The monoisotopic (exact) mass is 286 g/mol. The Labute approximate surface area is 123 Å². The fourth-order valence-corrected chi connectivity index (χ4v) is 2.31. The second-order valence-electron chi connectivity index (χ2n) is 4.74. The van der Waals surface area contributed by atoms with E-state index in [0.717, 1.165) is 21.8 Å². The van der Waals surface area contributed by atoms with Gasteiger partial charge in [0.05, 0.1) is 23.3 Å². The van der Waals surface area contributed by atoms with Crippen LogP contribution >= 0.6 is 11.8 Å². The first kappa shape index (κ1) is 14.6. The second-order valence-corrected chi connectivity index (χ2v) is 5.57. The maximum Gasteiger partial charge on any atom is 0.228 e. The van der Waals surface area contributed by atoms with Gasteiger partial charge in [0.2, 0.25) is 5.91 Å². The number of carbonyl (C=O) groups excluding carboxylic acids is 1. The van der Waals surface area contributed by atoms with E-state index >= 15 is 0 Å². The van der Waals surface area contributed by atoms with Crippen LogP contribution in [0.1, 0.15) is 16.7 Å². The summed E-state index contributed by atoms with van der Waals surface area (Å²) in [5, 5.41) is 3.82. The summed E-state index contributed by atoms with van der Waals surface area (Å²) in [5.41, 5.74) is 4.11. The predicted molar refractivity (Wildman–Crippen MR) is 84.3 cm³/mol. The normalized spacial score (nSPS) is 10.3. The molecule has 0 aliphatic carbocycles. The molecule has 3 nitrogen and oxygen atoms in total. The first-order valence-electron chi connectivity index (χ1n) is 6.44. The Morgan fingerprint density at radius 3 is 2.70 bits per heavy atom. The van der Waals surface area contributed by atoms with Crippen molar-refractivity contribution < 1.29 is 4.79 Å². The van der Waals surface area contributed by atoms with Crippen molar-refractivity contribution in [3.05, 3.63) is 53.2 Å². The zero-order valence-electron chi connectivity index (χ0n) is 11.9. The highest BCUT2D eigenvalue weighted by Crippen LogP contribution is 2.15. The van der Waals surface area contributed by atoms with E-state index in [1.54, 1.807) is 18.0 Å². The van der Waals surface area contributed by atoms with E-state index in [1.807, 2.05) is 38.3 Å². The third kappa shape index (κ3) is 3.84. The Kier molecular flexibility index (Phi) is 4.79. The van der Waals surface area contributed by atoms with Gasteiger partial charge in [-0.05, 0) is 43.4 Å². The van der Waals surface area contributed by atoms with Gasteiger partial charge in [0.1, 0.15) is 0 Å². The van der Waals surface area contributed by atoms with Gasteiger partial charge in [0.15, 0.2) is 0 Å². The number of amides is 1. The van der Waals surface area contributed by atoms with Crippen LogP contribution in [-0.2, 0) is 11.2 Å². The van der Waals surface area contributed by atoms with E-state index in [2.05, 4.69) is 22.4 Å². The molecule has 1 aromatic heterocycles. The standard InChI is InChI=1S/C16H18N2OS/c1-11-4-5-12(2)13(8-11)9-15(19)18-14-6-7-16(20-3)17-10-14/h4-8,10H,9H2,1-3H3,(H,18,19).